The van der Waals surface area contributed by atoms with E-state index in [1.807, 2.05) is 41.0 Å². The van der Waals surface area contributed by atoms with Crippen LogP contribution in [0.5, 0.6) is 0 Å². The Morgan fingerprint density at radius 1 is 1.10 bits per heavy atom. The van der Waals surface area contributed by atoms with Crippen molar-refractivity contribution in [3.05, 3.63) is 95.3 Å². The number of amides is 1. The summed E-state index contributed by atoms with van der Waals surface area (Å²) in [5.74, 6) is 0.488. The van der Waals surface area contributed by atoms with Crippen molar-refractivity contribution in [3.8, 4) is 0 Å². The lowest BCUT2D eigenvalue weighted by Crippen LogP contribution is -2.23. The van der Waals surface area contributed by atoms with E-state index in [2.05, 4.69) is 17.2 Å². The van der Waals surface area contributed by atoms with Crippen LogP contribution in [0.25, 0.3) is 11.0 Å². The molecule has 1 N–H and O–H groups in total. The van der Waals surface area contributed by atoms with Crippen molar-refractivity contribution in [1.29, 1.82) is 0 Å². The second-order valence-electron chi connectivity index (χ2n) is 7.52. The van der Waals surface area contributed by atoms with Gasteiger partial charge in [0.1, 0.15) is 11.6 Å². The van der Waals surface area contributed by atoms with Crippen molar-refractivity contribution >= 4 is 16.9 Å². The summed E-state index contributed by atoms with van der Waals surface area (Å²) in [5, 5.41) is 2.91. The zero-order valence-electron chi connectivity index (χ0n) is 17.5. The lowest BCUT2D eigenvalue weighted by atomic mass is 10.1. The number of hydrogen-bond acceptors (Lipinski definition) is 3. The smallest absolute Gasteiger partial charge is 0.251 e. The van der Waals surface area contributed by atoms with E-state index >= 15 is 0 Å². The van der Waals surface area contributed by atoms with Gasteiger partial charge in [0.15, 0.2) is 0 Å². The van der Waals surface area contributed by atoms with E-state index in [9.17, 15) is 9.18 Å². The molecule has 0 bridgehead atoms. The van der Waals surface area contributed by atoms with E-state index in [0.717, 1.165) is 41.8 Å². The molecule has 2 aromatic heterocycles. The first-order valence-electron chi connectivity index (χ1n) is 10.6. The number of halogens is 1. The molecule has 0 spiro atoms. The Balaban J connectivity index is 1.65. The fraction of sp³-hybridized carbons (Fsp3) is 0.240. The van der Waals surface area contributed by atoms with Gasteiger partial charge in [-0.3, -0.25) is 9.78 Å². The monoisotopic (exact) mass is 416 g/mol. The Hall–Kier alpha value is -3.54. The van der Waals surface area contributed by atoms with Crippen molar-refractivity contribution in [2.75, 3.05) is 0 Å². The van der Waals surface area contributed by atoms with Crippen LogP contribution in [0.2, 0.25) is 0 Å². The topological polar surface area (TPSA) is 59.8 Å². The van der Waals surface area contributed by atoms with Crippen LogP contribution in [0.1, 0.15) is 47.2 Å². The molecule has 0 aliphatic rings. The van der Waals surface area contributed by atoms with Crippen molar-refractivity contribution in [2.45, 2.75) is 39.3 Å². The number of benzene rings is 2. The van der Waals surface area contributed by atoms with Gasteiger partial charge >= 0.3 is 0 Å². The van der Waals surface area contributed by atoms with Crippen LogP contribution >= 0.6 is 0 Å². The molecular formula is C25H25FN4O. The number of imidazole rings is 1. The molecule has 2 aromatic carbocycles. The first kappa shape index (κ1) is 20.7. The molecule has 4 aromatic rings. The quantitative estimate of drug-likeness (QED) is 0.445. The third-order valence-electron chi connectivity index (χ3n) is 5.29. The van der Waals surface area contributed by atoms with Gasteiger partial charge in [0.2, 0.25) is 0 Å². The number of fused-ring (bicyclic) bond motifs is 1. The van der Waals surface area contributed by atoms with Crippen molar-refractivity contribution < 1.29 is 9.18 Å². The standard InChI is InChI=1S/C25H25FN4O/c1-2-3-11-24-29-22-13-12-18(25(31)28-16-20-9-6-7-14-27-20)15-23(22)30(24)17-19-8-4-5-10-21(19)26/h4-10,12-15H,2-3,11,16-17H2,1H3,(H,28,31). The predicted octanol–water partition coefficient (Wildman–Crippen LogP) is 4.89. The third-order valence-corrected chi connectivity index (χ3v) is 5.29. The molecule has 1 amide bonds. The molecule has 0 unspecified atom stereocenters. The summed E-state index contributed by atoms with van der Waals surface area (Å²) in [5.41, 5.74) is 3.58. The van der Waals surface area contributed by atoms with Crippen molar-refractivity contribution in [2.24, 2.45) is 0 Å². The highest BCUT2D eigenvalue weighted by Gasteiger charge is 2.15. The van der Waals surface area contributed by atoms with Gasteiger partial charge in [0.25, 0.3) is 5.91 Å². The molecule has 0 radical (unpaired) electrons. The molecule has 4 rings (SSSR count). The lowest BCUT2D eigenvalue weighted by molar-refractivity contribution is 0.0950. The molecule has 0 aliphatic heterocycles. The largest absolute Gasteiger partial charge is 0.346 e. The zero-order chi connectivity index (χ0) is 21.6. The van der Waals surface area contributed by atoms with Crippen LogP contribution < -0.4 is 5.32 Å². The maximum absolute atomic E-state index is 14.3. The number of carbonyl (C=O) groups is 1. The highest BCUT2D eigenvalue weighted by atomic mass is 19.1. The van der Waals surface area contributed by atoms with Gasteiger partial charge in [-0.25, -0.2) is 9.37 Å². The van der Waals surface area contributed by atoms with Crippen molar-refractivity contribution in [3.63, 3.8) is 0 Å². The second kappa shape index (κ2) is 9.51. The van der Waals surface area contributed by atoms with Crippen LogP contribution in [0.15, 0.2) is 66.9 Å². The van der Waals surface area contributed by atoms with Gasteiger partial charge in [-0.1, -0.05) is 37.6 Å². The van der Waals surface area contributed by atoms with E-state index < -0.39 is 0 Å². The minimum Gasteiger partial charge on any atom is -0.346 e. The minimum absolute atomic E-state index is 0.179. The van der Waals surface area contributed by atoms with E-state index in [1.54, 1.807) is 24.4 Å². The zero-order valence-corrected chi connectivity index (χ0v) is 17.5. The molecule has 0 aliphatic carbocycles. The van der Waals surface area contributed by atoms with Gasteiger partial charge in [-0.2, -0.15) is 0 Å². The summed E-state index contributed by atoms with van der Waals surface area (Å²) in [6.07, 6.45) is 4.55. The Morgan fingerprint density at radius 2 is 1.94 bits per heavy atom. The summed E-state index contributed by atoms with van der Waals surface area (Å²) >= 11 is 0. The molecule has 158 valence electrons. The molecule has 0 fully saturated rings. The number of hydrogen-bond donors (Lipinski definition) is 1. The van der Waals surface area contributed by atoms with Crippen LogP contribution in [0.4, 0.5) is 4.39 Å². The maximum Gasteiger partial charge on any atom is 0.251 e. The lowest BCUT2D eigenvalue weighted by Gasteiger charge is -2.11. The van der Waals surface area contributed by atoms with E-state index in [4.69, 9.17) is 4.98 Å². The predicted molar refractivity (Wildman–Crippen MR) is 119 cm³/mol. The second-order valence-corrected chi connectivity index (χ2v) is 7.52. The fourth-order valence-electron chi connectivity index (χ4n) is 3.59. The molecule has 2 heterocycles. The maximum atomic E-state index is 14.3. The van der Waals surface area contributed by atoms with Gasteiger partial charge in [-0.15, -0.1) is 0 Å². The summed E-state index contributed by atoms with van der Waals surface area (Å²) in [6, 6.07) is 17.8. The van der Waals surface area contributed by atoms with E-state index in [1.165, 1.54) is 6.07 Å². The summed E-state index contributed by atoms with van der Waals surface area (Å²) in [6.45, 7) is 2.86. The minimum atomic E-state index is -0.241. The summed E-state index contributed by atoms with van der Waals surface area (Å²) in [7, 11) is 0. The highest BCUT2D eigenvalue weighted by molar-refractivity contribution is 5.97. The van der Waals surface area contributed by atoms with Crippen LogP contribution in [0.3, 0.4) is 0 Å². The molecule has 5 nitrogen and oxygen atoms in total. The van der Waals surface area contributed by atoms with Crippen molar-refractivity contribution in [1.82, 2.24) is 19.9 Å². The van der Waals surface area contributed by atoms with E-state index in [0.29, 0.717) is 24.2 Å². The fourth-order valence-corrected chi connectivity index (χ4v) is 3.59. The molecule has 31 heavy (non-hydrogen) atoms. The van der Waals surface area contributed by atoms with E-state index in [-0.39, 0.29) is 11.7 Å². The Kier molecular flexibility index (Phi) is 6.36. The number of carbonyl (C=O) groups excluding carboxylic acids is 1. The average Bonchev–Trinajstić information content (AvgIpc) is 3.14. The molecule has 0 saturated carbocycles. The van der Waals surface area contributed by atoms with Crippen LogP contribution in [0, 0.1) is 5.82 Å². The van der Waals surface area contributed by atoms with Crippen LogP contribution in [-0.2, 0) is 19.5 Å². The number of rotatable bonds is 8. The first-order valence-corrected chi connectivity index (χ1v) is 10.6. The van der Waals surface area contributed by atoms with Gasteiger partial charge in [-0.05, 0) is 42.8 Å². The van der Waals surface area contributed by atoms with Gasteiger partial charge in [0.05, 0.1) is 29.8 Å². The first-order chi connectivity index (χ1) is 15.2. The summed E-state index contributed by atoms with van der Waals surface area (Å²) < 4.78 is 16.4. The normalized spacial score (nSPS) is 11.0. The number of aromatic nitrogens is 3. The Labute approximate surface area is 181 Å². The number of unbranched alkanes of at least 4 members (excludes halogenated alkanes) is 1. The summed E-state index contributed by atoms with van der Waals surface area (Å²) in [4.78, 5) is 21.7. The average molecular weight is 417 g/mol. The van der Waals surface area contributed by atoms with Gasteiger partial charge in [0, 0.05) is 23.7 Å². The number of aryl methyl sites for hydroxylation is 1. The number of nitrogens with zero attached hydrogens (tertiary/aromatic N) is 3. The molecular weight excluding hydrogens is 391 g/mol. The number of pyridine rings is 1. The Morgan fingerprint density at radius 3 is 2.71 bits per heavy atom. The van der Waals surface area contributed by atoms with Crippen LogP contribution in [-0.4, -0.2) is 20.4 Å². The highest BCUT2D eigenvalue weighted by Crippen LogP contribution is 2.22. The third kappa shape index (κ3) is 4.79. The Bertz CT molecular complexity index is 1190. The molecule has 0 saturated heterocycles. The molecule has 0 atom stereocenters. The molecule has 6 heteroatoms. The SMILES string of the molecule is CCCCc1nc2ccc(C(=O)NCc3ccccn3)cc2n1Cc1ccccc1F. The van der Waals surface area contributed by atoms with Gasteiger partial charge < -0.3 is 9.88 Å². The number of nitrogens with one attached hydrogen (secondary N) is 1.